The Morgan fingerprint density at radius 2 is 0.677 bits per heavy atom. The molecule has 398 valence electrons. The largest absolute Gasteiger partial charge is 0.444 e. The van der Waals surface area contributed by atoms with Crippen LogP contribution in [0, 0.1) is 0 Å². The van der Waals surface area contributed by atoms with E-state index in [4.69, 9.17) is 37.9 Å². The van der Waals surface area contributed by atoms with Gasteiger partial charge in [0.25, 0.3) is 0 Å². The minimum Gasteiger partial charge on any atom is -0.444 e. The molecule has 16 nitrogen and oxygen atoms in total. The smallest absolute Gasteiger partial charge is 0.407 e. The molecule has 0 aliphatic rings. The highest BCUT2D eigenvalue weighted by molar-refractivity contribution is 8.78. The Balaban J connectivity index is -0.000000153. The van der Waals surface area contributed by atoms with Gasteiger partial charge in [0.05, 0.1) is 37.9 Å². The van der Waals surface area contributed by atoms with Crippen molar-refractivity contribution in [1.29, 1.82) is 0 Å². The van der Waals surface area contributed by atoms with Gasteiger partial charge in [-0.1, -0.05) is 66.1 Å². The van der Waals surface area contributed by atoms with Crippen molar-refractivity contribution in [3.05, 3.63) is 0 Å². The molecule has 0 saturated heterocycles. The molecule has 0 saturated carbocycles. The maximum absolute atomic E-state index is 11.6. The predicted molar refractivity (Wildman–Crippen MR) is 284 cm³/mol. The maximum atomic E-state index is 11.6. The molecule has 0 radical (unpaired) electrons. The van der Waals surface area contributed by atoms with E-state index < -0.39 is 23.4 Å². The first-order chi connectivity index (χ1) is 28.2. The van der Waals surface area contributed by atoms with Gasteiger partial charge in [-0.3, -0.25) is 9.59 Å². The van der Waals surface area contributed by atoms with Gasteiger partial charge in [0.2, 0.25) is 11.8 Å². The number of alkyl carbamates (subject to hydrolysis) is 2. The molecular weight excluding hydrogens is 917 g/mol. The van der Waals surface area contributed by atoms with Crippen LogP contribution in [0.2, 0.25) is 0 Å². The fourth-order valence-electron chi connectivity index (χ4n) is 3.95. The summed E-state index contributed by atoms with van der Waals surface area (Å²) in [6, 6.07) is 0. The summed E-state index contributed by atoms with van der Waals surface area (Å²) in [5.41, 5.74) is -0.956. The Morgan fingerprint density at radius 1 is 0.385 bits per heavy atom. The number of carbonyl (C=O) groups excluding carboxylic acids is 4. The lowest BCUT2D eigenvalue weighted by molar-refractivity contribution is -0.119. The molecule has 4 amide bonds. The van der Waals surface area contributed by atoms with Crippen LogP contribution in [0.5, 0.6) is 0 Å². The Bertz CT molecular complexity index is 1020. The van der Waals surface area contributed by atoms with Crippen molar-refractivity contribution in [3.8, 4) is 0 Å². The van der Waals surface area contributed by atoms with E-state index in [0.717, 1.165) is 37.2 Å². The zero-order valence-corrected chi connectivity index (χ0v) is 40.5. The Kier molecular flexibility index (Phi) is 72.9. The molecule has 0 spiro atoms. The van der Waals surface area contributed by atoms with Crippen molar-refractivity contribution < 1.29 is 57.1 Å². The molecule has 0 aliphatic heterocycles. The van der Waals surface area contributed by atoms with Crippen LogP contribution in [0.15, 0.2) is 0 Å². The van der Waals surface area contributed by atoms with E-state index in [9.17, 15) is 19.2 Å². The minimum absolute atomic E-state index is 0. The number of amides is 4. The van der Waals surface area contributed by atoms with Crippen molar-refractivity contribution in [2.24, 2.45) is 0 Å². The van der Waals surface area contributed by atoms with Crippen molar-refractivity contribution in [2.75, 3.05) is 135 Å². The number of carbonyl (C=O) groups is 4. The first kappa shape index (κ1) is 80.7. The Labute approximate surface area is 415 Å². The van der Waals surface area contributed by atoms with Crippen LogP contribution in [0.25, 0.3) is 0 Å². The highest BCUT2D eigenvalue weighted by atomic mass is 33.1. The van der Waals surface area contributed by atoms with Crippen LogP contribution in [0.4, 0.5) is 9.59 Å². The van der Waals surface area contributed by atoms with Gasteiger partial charge in [0, 0.05) is 84.1 Å². The Hall–Kier alpha value is -1.36. The summed E-state index contributed by atoms with van der Waals surface area (Å²) in [6.45, 7) is 20.4. The van der Waals surface area contributed by atoms with Crippen LogP contribution in [0.1, 0.15) is 125 Å². The Morgan fingerprint density at radius 3 is 1.00 bits per heavy atom. The molecule has 0 bridgehead atoms. The van der Waals surface area contributed by atoms with Crippen LogP contribution >= 0.6 is 45.1 Å². The quantitative estimate of drug-likeness (QED) is 0.0261. The van der Waals surface area contributed by atoms with Gasteiger partial charge in [-0.15, -0.1) is 0 Å². The molecule has 0 aromatic heterocycles. The number of thioether (sulfide) groups is 2. The number of hydrogen-bond donors (Lipinski definition) is 4. The van der Waals surface area contributed by atoms with Gasteiger partial charge in [-0.05, 0) is 92.6 Å². The molecule has 4 N–H and O–H groups in total. The topological polar surface area (TPSA) is 190 Å². The molecule has 0 aromatic rings. The predicted octanol–water partition coefficient (Wildman–Crippen LogP) is 9.58. The minimum atomic E-state index is -0.483. The second-order valence-corrected chi connectivity index (χ2v) is 19.1. The third kappa shape index (κ3) is 74.4. The van der Waals surface area contributed by atoms with Gasteiger partial charge in [-0.2, -0.15) is 23.5 Å². The first-order valence-corrected chi connectivity index (χ1v) is 25.6. The normalized spacial score (nSPS) is 10.3. The summed E-state index contributed by atoms with van der Waals surface area (Å²) in [6.07, 6.45) is 7.93. The molecule has 0 unspecified atom stereocenters. The van der Waals surface area contributed by atoms with E-state index in [-0.39, 0.29) is 56.4 Å². The van der Waals surface area contributed by atoms with E-state index >= 15 is 0 Å². The molecule has 65 heavy (non-hydrogen) atoms. The van der Waals surface area contributed by atoms with Crippen molar-refractivity contribution in [2.45, 2.75) is 136 Å². The first-order valence-electron chi connectivity index (χ1n) is 20.4. The van der Waals surface area contributed by atoms with Crippen LogP contribution in [-0.4, -0.2) is 170 Å². The monoisotopic (exact) mass is 1020 g/mol. The number of ether oxygens (including phenoxy) is 8. The van der Waals surface area contributed by atoms with Crippen LogP contribution < -0.4 is 21.3 Å². The third-order valence-electron chi connectivity index (χ3n) is 6.46. The highest BCUT2D eigenvalue weighted by Crippen LogP contribution is 2.23. The van der Waals surface area contributed by atoms with E-state index in [1.54, 1.807) is 33.3 Å². The van der Waals surface area contributed by atoms with Crippen molar-refractivity contribution >= 4 is 69.1 Å². The zero-order chi connectivity index (χ0) is 44.3. The van der Waals surface area contributed by atoms with E-state index in [0.29, 0.717) is 123 Å². The van der Waals surface area contributed by atoms with E-state index in [1.807, 2.05) is 54.1 Å². The number of rotatable bonds is 37. The van der Waals surface area contributed by atoms with Crippen LogP contribution in [0.3, 0.4) is 0 Å². The van der Waals surface area contributed by atoms with Gasteiger partial charge >= 0.3 is 12.2 Å². The fraction of sp³-hybridized carbons (Fsp3) is 0.911. The second-order valence-electron chi connectivity index (χ2n) is 14.6. The zero-order valence-electron chi connectivity index (χ0n) is 37.2. The standard InChI is InChI=1S/C20H40N2O6S.C19H38N2O6S3.6CH4/c1-20(2,3)28-19(24)22-10-6-12-26-14-8-16-27-15-7-13-25-11-5-9-21-18(23)17-29-4;1-19(2,3)27-18(23)21-8-6-10-25-12-14-26-13-11-24-9-5-7-20-17(22)15-29-30-16-28-4;;;;;;/h5-17H2,1-4H3,(H,21,23)(H,22,24);5-16H2,1-4H3,(H,20,22)(H,21,23);6*1H4. The summed E-state index contributed by atoms with van der Waals surface area (Å²) in [4.78, 5) is 45.7. The summed E-state index contributed by atoms with van der Waals surface area (Å²) in [5.74, 6) is 1.14. The van der Waals surface area contributed by atoms with E-state index in [2.05, 4.69) is 21.3 Å². The molecule has 0 aromatic carbocycles. The summed E-state index contributed by atoms with van der Waals surface area (Å²) >= 11 is 3.27. The molecule has 0 heterocycles. The summed E-state index contributed by atoms with van der Waals surface area (Å²) < 4.78 is 43.2. The fourth-order valence-corrected chi connectivity index (χ4v) is 7.31. The van der Waals surface area contributed by atoms with Crippen molar-refractivity contribution in [3.63, 3.8) is 0 Å². The number of nitrogens with one attached hydrogen (secondary N) is 4. The third-order valence-corrected chi connectivity index (χ3v) is 10.6. The molecule has 20 heteroatoms. The SMILES string of the molecule is C.C.C.C.C.C.CSCC(=O)NCCCOCCCOCCCOCCCNC(=O)OC(C)(C)C.CSCSSCC(=O)NCCCOCCOCCOCCCNC(=O)OC(C)(C)C. The summed E-state index contributed by atoms with van der Waals surface area (Å²) in [5, 5.41) is 12.1. The van der Waals surface area contributed by atoms with Crippen LogP contribution in [-0.2, 0) is 47.5 Å². The lowest BCUT2D eigenvalue weighted by atomic mass is 10.2. The average molecular weight is 1020 g/mol. The highest BCUT2D eigenvalue weighted by Gasteiger charge is 2.16. The second kappa shape index (κ2) is 58.8. The molecular formula is C45H102N4O12S4. The number of hydrogen-bond acceptors (Lipinski definition) is 16. The molecule has 0 rings (SSSR count). The van der Waals surface area contributed by atoms with Gasteiger partial charge < -0.3 is 59.2 Å². The molecule has 0 aliphatic carbocycles. The molecule has 0 fully saturated rings. The van der Waals surface area contributed by atoms with Gasteiger partial charge in [0.15, 0.2) is 0 Å². The van der Waals surface area contributed by atoms with Gasteiger partial charge in [-0.25, -0.2) is 9.59 Å². The lowest BCUT2D eigenvalue weighted by Gasteiger charge is -2.19. The summed E-state index contributed by atoms with van der Waals surface area (Å²) in [7, 11) is 3.28. The lowest BCUT2D eigenvalue weighted by Crippen LogP contribution is -2.33. The average Bonchev–Trinajstić information content (AvgIpc) is 3.15. The van der Waals surface area contributed by atoms with E-state index in [1.165, 1.54) is 11.8 Å². The van der Waals surface area contributed by atoms with Crippen molar-refractivity contribution in [1.82, 2.24) is 21.3 Å². The molecule has 0 atom stereocenters. The van der Waals surface area contributed by atoms with Gasteiger partial charge in [0.1, 0.15) is 11.2 Å². The maximum Gasteiger partial charge on any atom is 0.407 e.